The van der Waals surface area contributed by atoms with E-state index in [1.807, 2.05) is 37.3 Å². The highest BCUT2D eigenvalue weighted by Gasteiger charge is 2.24. The lowest BCUT2D eigenvalue weighted by molar-refractivity contribution is 0.0729. The van der Waals surface area contributed by atoms with Crippen molar-refractivity contribution in [3.8, 4) is 5.75 Å². The summed E-state index contributed by atoms with van der Waals surface area (Å²) in [6, 6.07) is 13.9. The second kappa shape index (κ2) is 11.4. The highest BCUT2D eigenvalue weighted by atomic mass is 28.2. The van der Waals surface area contributed by atoms with Crippen LogP contribution < -0.4 is 9.92 Å². The van der Waals surface area contributed by atoms with Crippen molar-refractivity contribution in [1.82, 2.24) is 0 Å². The van der Waals surface area contributed by atoms with E-state index in [-0.39, 0.29) is 15.1 Å². The van der Waals surface area contributed by atoms with Gasteiger partial charge in [-0.15, -0.1) is 0 Å². The molecular weight excluding hydrogens is 395 g/mol. The normalized spacial score (nSPS) is 19.3. The van der Waals surface area contributed by atoms with E-state index in [1.165, 1.54) is 23.7 Å². The van der Waals surface area contributed by atoms with Crippen molar-refractivity contribution in [2.45, 2.75) is 57.9 Å². The van der Waals surface area contributed by atoms with Gasteiger partial charge in [-0.1, -0.05) is 42.8 Å². The SMILES string of the molecule is CCC[SiH2]c1ccc(OC(=O)c2ccc([C@H]3CC[C@H](COCC)CC3)cc2F)cc1. The molecule has 0 bridgehead atoms. The number of hydrogen-bond acceptors (Lipinski definition) is 3. The van der Waals surface area contributed by atoms with Gasteiger partial charge in [-0.05, 0) is 74.3 Å². The molecule has 0 spiro atoms. The molecule has 0 amide bonds. The van der Waals surface area contributed by atoms with E-state index in [0.29, 0.717) is 17.6 Å². The fraction of sp³-hybridized carbons (Fsp3) is 0.480. The van der Waals surface area contributed by atoms with Gasteiger partial charge in [0.2, 0.25) is 0 Å². The molecule has 0 heterocycles. The summed E-state index contributed by atoms with van der Waals surface area (Å²) >= 11 is 0. The van der Waals surface area contributed by atoms with Crippen molar-refractivity contribution in [2.75, 3.05) is 13.2 Å². The molecular formula is C25H33FO3Si. The smallest absolute Gasteiger partial charge is 0.346 e. The Morgan fingerprint density at radius 1 is 1.07 bits per heavy atom. The van der Waals surface area contributed by atoms with Crippen molar-refractivity contribution >= 4 is 20.7 Å². The standard InChI is InChI=1S/C25H33FO3Si/c1-3-15-30-22-12-10-21(11-13-22)29-25(27)23-14-9-20(16-24(23)26)19-7-5-18(6-8-19)17-28-4-2/h9-14,16,18-19H,3-8,15,17,30H2,1-2H3/t18-,19-. The van der Waals surface area contributed by atoms with E-state index < -0.39 is 11.8 Å². The van der Waals surface area contributed by atoms with Gasteiger partial charge < -0.3 is 9.47 Å². The summed E-state index contributed by atoms with van der Waals surface area (Å²) in [5.74, 6) is 0.280. The van der Waals surface area contributed by atoms with Crippen LogP contribution in [0.15, 0.2) is 42.5 Å². The number of hydrogen-bond donors (Lipinski definition) is 0. The van der Waals surface area contributed by atoms with Crippen LogP contribution in [-0.4, -0.2) is 28.7 Å². The van der Waals surface area contributed by atoms with Gasteiger partial charge in [-0.25, -0.2) is 9.18 Å². The first-order valence-electron chi connectivity index (χ1n) is 11.3. The minimum Gasteiger partial charge on any atom is -0.423 e. The van der Waals surface area contributed by atoms with Crippen LogP contribution >= 0.6 is 0 Å². The Hall–Kier alpha value is -1.98. The molecule has 0 aromatic heterocycles. The van der Waals surface area contributed by atoms with E-state index in [9.17, 15) is 9.18 Å². The molecule has 2 aromatic carbocycles. The molecule has 1 aliphatic carbocycles. The van der Waals surface area contributed by atoms with E-state index in [4.69, 9.17) is 9.47 Å². The Morgan fingerprint density at radius 2 is 1.80 bits per heavy atom. The summed E-state index contributed by atoms with van der Waals surface area (Å²) in [4.78, 5) is 12.5. The molecule has 3 rings (SSSR count). The maximum atomic E-state index is 14.7. The third kappa shape index (κ3) is 6.26. The average molecular weight is 429 g/mol. The Labute approximate surface area is 181 Å². The molecule has 2 aromatic rings. The van der Waals surface area contributed by atoms with Gasteiger partial charge in [-0.2, -0.15) is 0 Å². The van der Waals surface area contributed by atoms with Gasteiger partial charge in [-0.3, -0.25) is 0 Å². The lowest BCUT2D eigenvalue weighted by Crippen LogP contribution is -2.18. The Kier molecular flexibility index (Phi) is 8.64. The van der Waals surface area contributed by atoms with Gasteiger partial charge in [0.25, 0.3) is 0 Å². The molecule has 30 heavy (non-hydrogen) atoms. The average Bonchev–Trinajstić information content (AvgIpc) is 2.77. The fourth-order valence-electron chi connectivity index (χ4n) is 4.16. The fourth-order valence-corrected chi connectivity index (χ4v) is 5.50. The first kappa shape index (κ1) is 22.7. The number of ether oxygens (including phenoxy) is 2. The molecule has 0 N–H and O–H groups in total. The Bertz CT molecular complexity index is 814. The van der Waals surface area contributed by atoms with Crippen LogP contribution in [0.3, 0.4) is 0 Å². The number of esters is 1. The van der Waals surface area contributed by atoms with Crippen LogP contribution in [0.4, 0.5) is 4.39 Å². The largest absolute Gasteiger partial charge is 0.423 e. The van der Waals surface area contributed by atoms with Crippen LogP contribution in [-0.2, 0) is 4.74 Å². The first-order chi connectivity index (χ1) is 14.6. The van der Waals surface area contributed by atoms with E-state index in [1.54, 1.807) is 6.07 Å². The summed E-state index contributed by atoms with van der Waals surface area (Å²) in [6.45, 7) is 5.79. The number of carbonyl (C=O) groups excluding carboxylic acids is 1. The molecule has 162 valence electrons. The summed E-state index contributed by atoms with van der Waals surface area (Å²) in [6.07, 6.45) is 5.48. The summed E-state index contributed by atoms with van der Waals surface area (Å²) in [5.41, 5.74) is 0.970. The lowest BCUT2D eigenvalue weighted by atomic mass is 9.79. The summed E-state index contributed by atoms with van der Waals surface area (Å²) in [7, 11) is -0.242. The maximum absolute atomic E-state index is 14.7. The predicted molar refractivity (Wildman–Crippen MR) is 122 cm³/mol. The van der Waals surface area contributed by atoms with Crippen LogP contribution in [0.25, 0.3) is 0 Å². The van der Waals surface area contributed by atoms with Gasteiger partial charge in [0, 0.05) is 13.2 Å². The zero-order chi connectivity index (χ0) is 21.3. The molecule has 1 saturated carbocycles. The second-order valence-corrected chi connectivity index (χ2v) is 10.3. The van der Waals surface area contributed by atoms with E-state index >= 15 is 0 Å². The Morgan fingerprint density at radius 3 is 2.43 bits per heavy atom. The molecule has 1 aliphatic rings. The highest BCUT2D eigenvalue weighted by molar-refractivity contribution is 6.53. The molecule has 5 heteroatoms. The lowest BCUT2D eigenvalue weighted by Gasteiger charge is -2.28. The summed E-state index contributed by atoms with van der Waals surface area (Å²) in [5, 5.41) is 1.35. The molecule has 1 fully saturated rings. The quantitative estimate of drug-likeness (QED) is 0.321. The molecule has 0 aliphatic heterocycles. The molecule has 0 atom stereocenters. The van der Waals surface area contributed by atoms with Crippen molar-refractivity contribution in [3.05, 3.63) is 59.4 Å². The van der Waals surface area contributed by atoms with Crippen LogP contribution in [0.5, 0.6) is 5.75 Å². The van der Waals surface area contributed by atoms with Crippen molar-refractivity contribution in [1.29, 1.82) is 0 Å². The van der Waals surface area contributed by atoms with Gasteiger partial charge in [0.05, 0.1) is 15.1 Å². The third-order valence-electron chi connectivity index (χ3n) is 6.04. The molecule has 0 unspecified atom stereocenters. The number of benzene rings is 2. The minimum absolute atomic E-state index is 0.00628. The van der Waals surface area contributed by atoms with Crippen LogP contribution in [0.2, 0.25) is 6.04 Å². The van der Waals surface area contributed by atoms with Crippen molar-refractivity contribution < 1.29 is 18.7 Å². The predicted octanol–water partition coefficient (Wildman–Crippen LogP) is 4.98. The minimum atomic E-state index is -0.641. The zero-order valence-corrected chi connectivity index (χ0v) is 19.6. The second-order valence-electron chi connectivity index (χ2n) is 8.25. The van der Waals surface area contributed by atoms with E-state index in [2.05, 4.69) is 6.92 Å². The topological polar surface area (TPSA) is 35.5 Å². The van der Waals surface area contributed by atoms with Crippen LogP contribution in [0, 0.1) is 11.7 Å². The molecule has 0 radical (unpaired) electrons. The van der Waals surface area contributed by atoms with Crippen molar-refractivity contribution in [2.24, 2.45) is 5.92 Å². The number of halogens is 1. The van der Waals surface area contributed by atoms with Gasteiger partial charge in [0.15, 0.2) is 0 Å². The summed E-state index contributed by atoms with van der Waals surface area (Å²) < 4.78 is 25.6. The van der Waals surface area contributed by atoms with Gasteiger partial charge in [0.1, 0.15) is 11.6 Å². The van der Waals surface area contributed by atoms with Crippen molar-refractivity contribution in [3.63, 3.8) is 0 Å². The molecule has 0 saturated heterocycles. The maximum Gasteiger partial charge on any atom is 0.346 e. The van der Waals surface area contributed by atoms with Crippen LogP contribution in [0.1, 0.15) is 67.8 Å². The highest BCUT2D eigenvalue weighted by Crippen LogP contribution is 2.36. The first-order valence-corrected chi connectivity index (χ1v) is 13.0. The van der Waals surface area contributed by atoms with E-state index in [0.717, 1.165) is 44.5 Å². The number of carbonyl (C=O) groups is 1. The third-order valence-corrected chi connectivity index (χ3v) is 8.15. The monoisotopic (exact) mass is 428 g/mol. The molecule has 3 nitrogen and oxygen atoms in total. The zero-order valence-electron chi connectivity index (χ0n) is 18.2. The van der Waals surface area contributed by atoms with Gasteiger partial charge >= 0.3 is 5.97 Å². The Balaban J connectivity index is 1.57. The number of rotatable bonds is 9.